The van der Waals surface area contributed by atoms with Crippen LogP contribution < -0.4 is 5.73 Å². The SMILES string of the molecule is C[C](N)c1cccs1. The summed E-state index contributed by atoms with van der Waals surface area (Å²) in [6, 6.07) is 4.91. The maximum atomic E-state index is 5.49. The van der Waals surface area contributed by atoms with Gasteiger partial charge in [-0.1, -0.05) is 6.07 Å². The Kier molecular flexibility index (Phi) is 1.65. The molecule has 2 heteroatoms. The van der Waals surface area contributed by atoms with E-state index in [0.717, 1.165) is 6.04 Å². The normalized spacial score (nSPS) is 10.4. The summed E-state index contributed by atoms with van der Waals surface area (Å²) in [6.45, 7) is 1.91. The van der Waals surface area contributed by atoms with Gasteiger partial charge in [-0.2, -0.15) is 0 Å². The fraction of sp³-hybridized carbons (Fsp3) is 0.167. The molecule has 43 valence electrons. The van der Waals surface area contributed by atoms with Gasteiger partial charge < -0.3 is 5.73 Å². The van der Waals surface area contributed by atoms with Crippen LogP contribution in [0.4, 0.5) is 0 Å². The summed E-state index contributed by atoms with van der Waals surface area (Å²) in [4.78, 5) is 1.17. The van der Waals surface area contributed by atoms with Gasteiger partial charge in [0.25, 0.3) is 0 Å². The van der Waals surface area contributed by atoms with E-state index in [2.05, 4.69) is 0 Å². The minimum Gasteiger partial charge on any atom is -0.319 e. The van der Waals surface area contributed by atoms with Gasteiger partial charge in [0.1, 0.15) is 0 Å². The Morgan fingerprint density at radius 3 is 2.75 bits per heavy atom. The lowest BCUT2D eigenvalue weighted by atomic mass is 10.3. The Balaban J connectivity index is 2.77. The van der Waals surface area contributed by atoms with E-state index in [4.69, 9.17) is 5.73 Å². The third-order valence-electron chi connectivity index (χ3n) is 0.910. The van der Waals surface area contributed by atoms with Crippen molar-refractivity contribution in [3.05, 3.63) is 28.4 Å². The van der Waals surface area contributed by atoms with E-state index in [1.165, 1.54) is 4.88 Å². The molecule has 1 heterocycles. The van der Waals surface area contributed by atoms with Crippen LogP contribution in [-0.4, -0.2) is 0 Å². The fourth-order valence-electron chi connectivity index (χ4n) is 0.503. The van der Waals surface area contributed by atoms with Gasteiger partial charge in [0.15, 0.2) is 0 Å². The van der Waals surface area contributed by atoms with Gasteiger partial charge in [-0.05, 0) is 18.4 Å². The highest BCUT2D eigenvalue weighted by Crippen LogP contribution is 2.14. The van der Waals surface area contributed by atoms with Crippen molar-refractivity contribution in [1.29, 1.82) is 0 Å². The second kappa shape index (κ2) is 2.29. The molecular formula is C6H8NS. The highest BCUT2D eigenvalue weighted by molar-refractivity contribution is 7.10. The summed E-state index contributed by atoms with van der Waals surface area (Å²) in [5.41, 5.74) is 5.49. The van der Waals surface area contributed by atoms with Crippen LogP contribution in [-0.2, 0) is 0 Å². The molecular weight excluding hydrogens is 118 g/mol. The van der Waals surface area contributed by atoms with Gasteiger partial charge in [0, 0.05) is 4.88 Å². The molecule has 0 unspecified atom stereocenters. The number of nitrogens with two attached hydrogens (primary N) is 1. The van der Waals surface area contributed by atoms with Gasteiger partial charge in [0.05, 0.1) is 6.04 Å². The van der Waals surface area contributed by atoms with Crippen molar-refractivity contribution >= 4 is 11.3 Å². The lowest BCUT2D eigenvalue weighted by Gasteiger charge is -1.94. The van der Waals surface area contributed by atoms with Crippen molar-refractivity contribution in [2.45, 2.75) is 6.92 Å². The Bertz CT molecular complexity index is 144. The van der Waals surface area contributed by atoms with E-state index in [0.29, 0.717) is 0 Å². The summed E-state index contributed by atoms with van der Waals surface area (Å²) in [6.07, 6.45) is 0. The predicted molar refractivity (Wildman–Crippen MR) is 36.5 cm³/mol. The molecule has 1 aromatic heterocycles. The third-order valence-corrected chi connectivity index (χ3v) is 1.92. The average Bonchev–Trinajstić information content (AvgIpc) is 2.12. The van der Waals surface area contributed by atoms with Gasteiger partial charge in [-0.3, -0.25) is 0 Å². The molecule has 0 aliphatic rings. The summed E-state index contributed by atoms with van der Waals surface area (Å²) in [5, 5.41) is 2.02. The molecule has 1 radical (unpaired) electrons. The Morgan fingerprint density at radius 2 is 2.50 bits per heavy atom. The van der Waals surface area contributed by atoms with Crippen molar-refractivity contribution in [1.82, 2.24) is 0 Å². The number of rotatable bonds is 1. The van der Waals surface area contributed by atoms with E-state index in [9.17, 15) is 0 Å². The van der Waals surface area contributed by atoms with Gasteiger partial charge in [0.2, 0.25) is 0 Å². The monoisotopic (exact) mass is 126 g/mol. The zero-order chi connectivity index (χ0) is 5.98. The molecule has 1 aromatic rings. The molecule has 0 saturated heterocycles. The van der Waals surface area contributed by atoms with Crippen LogP contribution in [0.2, 0.25) is 0 Å². The van der Waals surface area contributed by atoms with Crippen LogP contribution in [0.3, 0.4) is 0 Å². The van der Waals surface area contributed by atoms with Crippen molar-refractivity contribution in [2.24, 2.45) is 5.73 Å². The molecule has 0 amide bonds. The summed E-state index contributed by atoms with van der Waals surface area (Å²) in [5.74, 6) is 0. The van der Waals surface area contributed by atoms with E-state index >= 15 is 0 Å². The number of thiophene rings is 1. The molecule has 0 atom stereocenters. The van der Waals surface area contributed by atoms with Crippen LogP contribution >= 0.6 is 11.3 Å². The highest BCUT2D eigenvalue weighted by atomic mass is 32.1. The van der Waals surface area contributed by atoms with Crippen LogP contribution in [0.5, 0.6) is 0 Å². The first-order chi connectivity index (χ1) is 3.80. The standard InChI is InChI=1S/C6H8NS/c1-5(7)6-3-2-4-8-6/h2-4H,7H2,1H3. The zero-order valence-electron chi connectivity index (χ0n) is 4.72. The second-order valence-electron chi connectivity index (χ2n) is 1.66. The quantitative estimate of drug-likeness (QED) is 0.607. The lowest BCUT2D eigenvalue weighted by molar-refractivity contribution is 1.12. The first-order valence-electron chi connectivity index (χ1n) is 2.43. The van der Waals surface area contributed by atoms with Crippen molar-refractivity contribution in [2.75, 3.05) is 0 Å². The van der Waals surface area contributed by atoms with Crippen LogP contribution in [0.25, 0.3) is 0 Å². The van der Waals surface area contributed by atoms with Crippen LogP contribution in [0, 0.1) is 6.04 Å². The first kappa shape index (κ1) is 5.79. The largest absolute Gasteiger partial charge is 0.319 e. The predicted octanol–water partition coefficient (Wildman–Crippen LogP) is 1.61. The molecule has 0 spiro atoms. The Hall–Kier alpha value is -0.340. The van der Waals surface area contributed by atoms with Gasteiger partial charge in [-0.15, -0.1) is 11.3 Å². The van der Waals surface area contributed by atoms with Gasteiger partial charge >= 0.3 is 0 Å². The Morgan fingerprint density at radius 1 is 1.75 bits per heavy atom. The van der Waals surface area contributed by atoms with Gasteiger partial charge in [-0.25, -0.2) is 0 Å². The smallest absolute Gasteiger partial charge is 0.0704 e. The zero-order valence-corrected chi connectivity index (χ0v) is 5.53. The molecule has 2 N–H and O–H groups in total. The summed E-state index contributed by atoms with van der Waals surface area (Å²) in [7, 11) is 0. The van der Waals surface area contributed by atoms with E-state index in [-0.39, 0.29) is 0 Å². The average molecular weight is 126 g/mol. The third kappa shape index (κ3) is 1.08. The Labute approximate surface area is 53.1 Å². The van der Waals surface area contributed by atoms with E-state index in [1.54, 1.807) is 11.3 Å². The number of hydrogen-bond donors (Lipinski definition) is 1. The highest BCUT2D eigenvalue weighted by Gasteiger charge is 1.97. The van der Waals surface area contributed by atoms with E-state index in [1.807, 2.05) is 24.4 Å². The summed E-state index contributed by atoms with van der Waals surface area (Å²) >= 11 is 1.67. The van der Waals surface area contributed by atoms with Crippen molar-refractivity contribution in [3.63, 3.8) is 0 Å². The molecule has 0 bridgehead atoms. The minimum absolute atomic E-state index is 0.903. The molecule has 1 nitrogen and oxygen atoms in total. The minimum atomic E-state index is 0.903. The maximum absolute atomic E-state index is 5.49. The summed E-state index contributed by atoms with van der Waals surface area (Å²) < 4.78 is 0. The van der Waals surface area contributed by atoms with Crippen LogP contribution in [0.15, 0.2) is 17.5 Å². The molecule has 8 heavy (non-hydrogen) atoms. The fourth-order valence-corrected chi connectivity index (χ4v) is 1.15. The van der Waals surface area contributed by atoms with Crippen LogP contribution in [0.1, 0.15) is 11.8 Å². The van der Waals surface area contributed by atoms with Crippen molar-refractivity contribution < 1.29 is 0 Å². The molecule has 0 aromatic carbocycles. The lowest BCUT2D eigenvalue weighted by Crippen LogP contribution is -2.02. The second-order valence-corrected chi connectivity index (χ2v) is 2.61. The maximum Gasteiger partial charge on any atom is 0.0704 e. The van der Waals surface area contributed by atoms with Crippen molar-refractivity contribution in [3.8, 4) is 0 Å². The topological polar surface area (TPSA) is 26.0 Å². The molecule has 0 aliphatic heterocycles. The first-order valence-corrected chi connectivity index (χ1v) is 3.31. The molecule has 0 aliphatic carbocycles. The number of hydrogen-bond acceptors (Lipinski definition) is 2. The molecule has 0 fully saturated rings. The van der Waals surface area contributed by atoms with E-state index < -0.39 is 0 Å². The molecule has 0 saturated carbocycles. The molecule has 1 rings (SSSR count).